The van der Waals surface area contributed by atoms with Crippen molar-refractivity contribution in [2.24, 2.45) is 0 Å². The summed E-state index contributed by atoms with van der Waals surface area (Å²) in [6.07, 6.45) is 0.540. The van der Waals surface area contributed by atoms with Gasteiger partial charge in [-0.15, -0.1) is 11.3 Å². The zero-order chi connectivity index (χ0) is 13.5. The van der Waals surface area contributed by atoms with Crippen molar-refractivity contribution in [1.29, 1.82) is 0 Å². The van der Waals surface area contributed by atoms with Gasteiger partial charge in [0.05, 0.1) is 5.69 Å². The van der Waals surface area contributed by atoms with E-state index in [0.29, 0.717) is 13.0 Å². The molecule has 0 aliphatic heterocycles. The Labute approximate surface area is 121 Å². The maximum atomic E-state index is 11.3. The van der Waals surface area contributed by atoms with Crippen LogP contribution in [0.2, 0.25) is 0 Å². The van der Waals surface area contributed by atoms with E-state index in [0.717, 1.165) is 21.3 Å². The highest BCUT2D eigenvalue weighted by Crippen LogP contribution is 2.28. The average molecular weight is 292 g/mol. The van der Waals surface area contributed by atoms with Gasteiger partial charge in [0.1, 0.15) is 0 Å². The molecule has 0 saturated heterocycles. The third kappa shape index (κ3) is 4.36. The zero-order valence-electron chi connectivity index (χ0n) is 10.8. The van der Waals surface area contributed by atoms with Gasteiger partial charge in [0.15, 0.2) is 4.34 Å². The fraction of sp³-hybridized carbons (Fsp3) is 0.286. The standard InChI is InChI=1S/C14H16N2OS2/c1-2-15-13(17)8-9-18-14-16-12(10-19-14)11-6-4-3-5-7-11/h3-7,10H,2,8-9H2,1H3,(H,15,17). The molecule has 1 aromatic carbocycles. The highest BCUT2D eigenvalue weighted by atomic mass is 32.2. The first-order valence-electron chi connectivity index (χ1n) is 6.20. The molecular formula is C14H16N2OS2. The van der Waals surface area contributed by atoms with E-state index in [9.17, 15) is 4.79 Å². The highest BCUT2D eigenvalue weighted by molar-refractivity contribution is 8.01. The van der Waals surface area contributed by atoms with E-state index in [2.05, 4.69) is 27.8 Å². The summed E-state index contributed by atoms with van der Waals surface area (Å²) in [5.74, 6) is 0.878. The Kier molecular flexibility index (Phi) is 5.42. The number of thioether (sulfide) groups is 1. The minimum Gasteiger partial charge on any atom is -0.356 e. The number of benzene rings is 1. The summed E-state index contributed by atoms with van der Waals surface area (Å²) in [5, 5.41) is 4.85. The van der Waals surface area contributed by atoms with Gasteiger partial charge < -0.3 is 5.32 Å². The molecule has 0 fully saturated rings. The second-order valence-corrected chi connectivity index (χ2v) is 6.12. The number of carbonyl (C=O) groups excluding carboxylic acids is 1. The van der Waals surface area contributed by atoms with Gasteiger partial charge in [0, 0.05) is 29.7 Å². The number of hydrogen-bond donors (Lipinski definition) is 1. The highest BCUT2D eigenvalue weighted by Gasteiger charge is 2.06. The largest absolute Gasteiger partial charge is 0.356 e. The number of nitrogens with zero attached hydrogens (tertiary/aromatic N) is 1. The number of nitrogens with one attached hydrogen (secondary N) is 1. The van der Waals surface area contributed by atoms with Crippen molar-refractivity contribution in [3.8, 4) is 11.3 Å². The summed E-state index contributed by atoms with van der Waals surface area (Å²) in [6, 6.07) is 10.1. The van der Waals surface area contributed by atoms with Crippen molar-refractivity contribution in [2.45, 2.75) is 17.7 Å². The topological polar surface area (TPSA) is 42.0 Å². The predicted octanol–water partition coefficient (Wildman–Crippen LogP) is 3.43. The number of thiazole rings is 1. The Morgan fingerprint density at radius 3 is 2.89 bits per heavy atom. The van der Waals surface area contributed by atoms with Gasteiger partial charge in [0.2, 0.25) is 5.91 Å². The molecule has 0 atom stereocenters. The molecule has 0 radical (unpaired) electrons. The molecule has 2 aromatic rings. The fourth-order valence-corrected chi connectivity index (χ4v) is 3.43. The van der Waals surface area contributed by atoms with Crippen LogP contribution in [0.25, 0.3) is 11.3 Å². The lowest BCUT2D eigenvalue weighted by Crippen LogP contribution is -2.22. The number of carbonyl (C=O) groups is 1. The van der Waals surface area contributed by atoms with E-state index >= 15 is 0 Å². The van der Waals surface area contributed by atoms with Crippen molar-refractivity contribution in [3.05, 3.63) is 35.7 Å². The summed E-state index contributed by atoms with van der Waals surface area (Å²) >= 11 is 3.27. The Hall–Kier alpha value is -1.33. The number of amides is 1. The van der Waals surface area contributed by atoms with E-state index in [4.69, 9.17) is 0 Å². The van der Waals surface area contributed by atoms with Crippen molar-refractivity contribution in [3.63, 3.8) is 0 Å². The van der Waals surface area contributed by atoms with Gasteiger partial charge >= 0.3 is 0 Å². The molecule has 1 aromatic heterocycles. The first-order chi connectivity index (χ1) is 9.29. The van der Waals surface area contributed by atoms with Gasteiger partial charge in [-0.25, -0.2) is 4.98 Å². The lowest BCUT2D eigenvalue weighted by molar-refractivity contribution is -0.120. The van der Waals surface area contributed by atoms with Crippen LogP contribution < -0.4 is 5.32 Å². The first kappa shape index (κ1) is 14.1. The van der Waals surface area contributed by atoms with E-state index < -0.39 is 0 Å². The van der Waals surface area contributed by atoms with Crippen LogP contribution in [0.15, 0.2) is 40.1 Å². The van der Waals surface area contributed by atoms with Gasteiger partial charge in [-0.05, 0) is 6.92 Å². The zero-order valence-corrected chi connectivity index (χ0v) is 12.4. The normalized spacial score (nSPS) is 10.4. The smallest absolute Gasteiger partial charge is 0.220 e. The van der Waals surface area contributed by atoms with E-state index in [1.54, 1.807) is 23.1 Å². The van der Waals surface area contributed by atoms with Crippen molar-refractivity contribution in [2.75, 3.05) is 12.3 Å². The second-order valence-electron chi connectivity index (χ2n) is 3.92. The molecule has 0 spiro atoms. The second kappa shape index (κ2) is 7.31. The molecule has 0 aliphatic rings. The molecule has 1 heterocycles. The predicted molar refractivity (Wildman–Crippen MR) is 81.6 cm³/mol. The number of rotatable bonds is 6. The van der Waals surface area contributed by atoms with Crippen molar-refractivity contribution >= 4 is 29.0 Å². The Morgan fingerprint density at radius 2 is 2.16 bits per heavy atom. The molecule has 0 bridgehead atoms. The summed E-state index contributed by atoms with van der Waals surface area (Å²) in [4.78, 5) is 15.9. The fourth-order valence-electron chi connectivity index (χ4n) is 1.58. The van der Waals surface area contributed by atoms with Crippen LogP contribution in [0.5, 0.6) is 0 Å². The SMILES string of the molecule is CCNC(=O)CCSc1nc(-c2ccccc2)cs1. The van der Waals surface area contributed by atoms with Crippen LogP contribution in [0.1, 0.15) is 13.3 Å². The maximum Gasteiger partial charge on any atom is 0.220 e. The monoisotopic (exact) mass is 292 g/mol. The van der Waals surface area contributed by atoms with E-state index in [1.165, 1.54) is 0 Å². The molecule has 1 amide bonds. The first-order valence-corrected chi connectivity index (χ1v) is 8.06. The summed E-state index contributed by atoms with van der Waals surface area (Å²) < 4.78 is 1.02. The van der Waals surface area contributed by atoms with Crippen LogP contribution in [-0.2, 0) is 4.79 Å². The summed E-state index contributed by atoms with van der Waals surface area (Å²) in [7, 11) is 0. The van der Waals surface area contributed by atoms with Gasteiger partial charge in [-0.3, -0.25) is 4.79 Å². The molecule has 1 N–H and O–H groups in total. The Morgan fingerprint density at radius 1 is 1.37 bits per heavy atom. The maximum absolute atomic E-state index is 11.3. The number of aromatic nitrogens is 1. The summed E-state index contributed by atoms with van der Waals surface area (Å²) in [6.45, 7) is 2.62. The van der Waals surface area contributed by atoms with E-state index in [-0.39, 0.29) is 5.91 Å². The molecular weight excluding hydrogens is 276 g/mol. The van der Waals surface area contributed by atoms with Crippen LogP contribution >= 0.6 is 23.1 Å². The van der Waals surface area contributed by atoms with Crippen molar-refractivity contribution < 1.29 is 4.79 Å². The Bertz CT molecular complexity index is 525. The van der Waals surface area contributed by atoms with Gasteiger partial charge in [0.25, 0.3) is 0 Å². The molecule has 100 valence electrons. The molecule has 0 aliphatic carbocycles. The van der Waals surface area contributed by atoms with Crippen LogP contribution in [0.4, 0.5) is 0 Å². The molecule has 19 heavy (non-hydrogen) atoms. The lowest BCUT2D eigenvalue weighted by Gasteiger charge is -2.00. The molecule has 0 saturated carbocycles. The van der Waals surface area contributed by atoms with Crippen LogP contribution in [0.3, 0.4) is 0 Å². The minimum atomic E-state index is 0.106. The lowest BCUT2D eigenvalue weighted by atomic mass is 10.2. The molecule has 0 unspecified atom stereocenters. The van der Waals surface area contributed by atoms with Crippen LogP contribution in [0, 0.1) is 0 Å². The van der Waals surface area contributed by atoms with Crippen LogP contribution in [-0.4, -0.2) is 23.2 Å². The number of hydrogen-bond acceptors (Lipinski definition) is 4. The minimum absolute atomic E-state index is 0.106. The molecule has 5 heteroatoms. The Balaban J connectivity index is 1.86. The third-order valence-electron chi connectivity index (χ3n) is 2.48. The van der Waals surface area contributed by atoms with Gasteiger partial charge in [-0.2, -0.15) is 0 Å². The van der Waals surface area contributed by atoms with E-state index in [1.807, 2.05) is 25.1 Å². The summed E-state index contributed by atoms with van der Waals surface area (Å²) in [5.41, 5.74) is 2.14. The average Bonchev–Trinajstić information content (AvgIpc) is 2.89. The quantitative estimate of drug-likeness (QED) is 0.829. The van der Waals surface area contributed by atoms with Gasteiger partial charge in [-0.1, -0.05) is 42.1 Å². The molecule has 3 nitrogen and oxygen atoms in total. The molecule has 2 rings (SSSR count). The van der Waals surface area contributed by atoms with Crippen molar-refractivity contribution in [1.82, 2.24) is 10.3 Å². The third-order valence-corrected chi connectivity index (χ3v) is 4.50.